The van der Waals surface area contributed by atoms with Crippen molar-refractivity contribution in [2.24, 2.45) is 0 Å². The summed E-state index contributed by atoms with van der Waals surface area (Å²) in [5.74, 6) is -0.342. The normalized spacial score (nSPS) is 19.0. The molecule has 0 aliphatic carbocycles. The highest BCUT2D eigenvalue weighted by molar-refractivity contribution is 6.06. The van der Waals surface area contributed by atoms with Crippen molar-refractivity contribution < 1.29 is 14.4 Å². The largest absolute Gasteiger partial charge is 0.423 e. The molecule has 1 radical (unpaired) electrons. The number of carbonyl (C=O) groups excluding carboxylic acids is 1. The first-order chi connectivity index (χ1) is 11.5. The van der Waals surface area contributed by atoms with Crippen molar-refractivity contribution in [2.75, 3.05) is 5.32 Å². The number of hydrogen-bond acceptors (Lipinski definition) is 4. The van der Waals surface area contributed by atoms with Gasteiger partial charge in [-0.2, -0.15) is 0 Å². The van der Waals surface area contributed by atoms with Crippen LogP contribution in [0.1, 0.15) is 33.3 Å². The molecule has 1 aliphatic heterocycles. The zero-order chi connectivity index (χ0) is 18.6. The first kappa shape index (κ1) is 17.4. The molecule has 0 bridgehead atoms. The number of rotatable bonds is 2. The van der Waals surface area contributed by atoms with Gasteiger partial charge in [0.1, 0.15) is 5.58 Å². The van der Waals surface area contributed by atoms with Gasteiger partial charge in [0.05, 0.1) is 11.1 Å². The second-order valence-corrected chi connectivity index (χ2v) is 7.48. The van der Waals surface area contributed by atoms with Crippen LogP contribution in [-0.4, -0.2) is 22.0 Å². The van der Waals surface area contributed by atoms with Gasteiger partial charge in [-0.1, -0.05) is 6.08 Å². The lowest BCUT2D eigenvalue weighted by Gasteiger charge is -2.33. The zero-order valence-corrected chi connectivity index (χ0v) is 15.0. The molecule has 3 rings (SSSR count). The molecule has 0 saturated heterocycles. The van der Waals surface area contributed by atoms with Gasteiger partial charge in [0.25, 0.3) is 5.91 Å². The van der Waals surface area contributed by atoms with Crippen LogP contribution in [0.15, 0.2) is 45.1 Å². The summed E-state index contributed by atoms with van der Waals surface area (Å²) in [4.78, 5) is 24.2. The summed E-state index contributed by atoms with van der Waals surface area (Å²) < 4.78 is 5.20. The van der Waals surface area contributed by atoms with Gasteiger partial charge in [-0.3, -0.25) is 4.79 Å². The van der Waals surface area contributed by atoms with Crippen molar-refractivity contribution in [1.82, 2.24) is 5.06 Å². The van der Waals surface area contributed by atoms with Gasteiger partial charge >= 0.3 is 5.63 Å². The molecule has 2 aromatic rings. The van der Waals surface area contributed by atoms with E-state index in [1.807, 2.05) is 6.92 Å². The fourth-order valence-electron chi connectivity index (χ4n) is 3.36. The van der Waals surface area contributed by atoms with Crippen LogP contribution in [0, 0.1) is 6.92 Å². The van der Waals surface area contributed by atoms with Crippen molar-refractivity contribution >= 4 is 22.6 Å². The number of nitrogens with one attached hydrogen (secondary N) is 1. The average molecular weight is 341 g/mol. The Labute approximate surface area is 145 Å². The fraction of sp³-hybridized carbons (Fsp3) is 0.368. The van der Waals surface area contributed by atoms with Gasteiger partial charge in [-0.25, -0.2) is 4.79 Å². The predicted octanol–water partition coefficient (Wildman–Crippen LogP) is 3.18. The van der Waals surface area contributed by atoms with E-state index in [-0.39, 0.29) is 5.91 Å². The van der Waals surface area contributed by atoms with Gasteiger partial charge < -0.3 is 9.73 Å². The maximum absolute atomic E-state index is 12.7. The van der Waals surface area contributed by atoms with Crippen LogP contribution in [-0.2, 0) is 10.0 Å². The quantitative estimate of drug-likeness (QED) is 0.851. The Morgan fingerprint density at radius 2 is 1.84 bits per heavy atom. The number of carbonyl (C=O) groups is 1. The fourth-order valence-corrected chi connectivity index (χ4v) is 3.36. The standard InChI is InChI=1S/C19H21N2O4/c1-11-8-16(22)25-15-9-12(6-7-13(11)15)20-17(23)14-10-18(2,3)21(24)19(14,4)5/h6-10H,1-5H3,(H,20,23). The molecule has 1 aromatic heterocycles. The first-order valence-corrected chi connectivity index (χ1v) is 8.09. The predicted molar refractivity (Wildman–Crippen MR) is 94.6 cm³/mol. The highest BCUT2D eigenvalue weighted by Crippen LogP contribution is 2.39. The average Bonchev–Trinajstić information content (AvgIpc) is 2.66. The summed E-state index contributed by atoms with van der Waals surface area (Å²) in [7, 11) is 0. The summed E-state index contributed by atoms with van der Waals surface area (Å²) in [6, 6.07) is 6.58. The SMILES string of the molecule is Cc1cc(=O)oc2cc(NC(=O)C3=CC(C)(C)N([O])C3(C)C)ccc12. The minimum atomic E-state index is -0.923. The third-order valence-corrected chi connectivity index (χ3v) is 4.64. The van der Waals surface area contributed by atoms with E-state index in [2.05, 4.69) is 5.32 Å². The Hall–Kier alpha value is -2.44. The molecule has 0 atom stereocenters. The van der Waals surface area contributed by atoms with E-state index in [4.69, 9.17) is 4.42 Å². The van der Waals surface area contributed by atoms with Gasteiger partial charge in [0.2, 0.25) is 0 Å². The third kappa shape index (κ3) is 2.88. The van der Waals surface area contributed by atoms with Crippen LogP contribution in [0.2, 0.25) is 0 Å². The van der Waals surface area contributed by atoms with Gasteiger partial charge in [0.15, 0.2) is 0 Å². The number of hydrogen-bond donors (Lipinski definition) is 1. The molecular weight excluding hydrogens is 320 g/mol. The summed E-state index contributed by atoms with van der Waals surface area (Å²) >= 11 is 0. The molecular formula is C19H21N2O4. The number of nitrogens with zero attached hydrogens (tertiary/aromatic N) is 1. The molecule has 1 N–H and O–H groups in total. The second kappa shape index (κ2) is 5.54. The van der Waals surface area contributed by atoms with E-state index in [1.54, 1.807) is 52.0 Å². The van der Waals surface area contributed by atoms with Gasteiger partial charge in [-0.15, -0.1) is 10.3 Å². The molecule has 0 unspecified atom stereocenters. The van der Waals surface area contributed by atoms with Crippen molar-refractivity contribution in [3.05, 3.63) is 51.9 Å². The van der Waals surface area contributed by atoms with Crippen LogP contribution in [0.5, 0.6) is 0 Å². The lowest BCUT2D eigenvalue weighted by molar-refractivity contribution is -0.238. The number of amides is 1. The molecule has 0 fully saturated rings. The first-order valence-electron chi connectivity index (χ1n) is 8.09. The molecule has 131 valence electrons. The van der Waals surface area contributed by atoms with Crippen LogP contribution < -0.4 is 10.9 Å². The molecule has 1 aliphatic rings. The Bertz CT molecular complexity index is 954. The maximum Gasteiger partial charge on any atom is 0.336 e. The third-order valence-electron chi connectivity index (χ3n) is 4.64. The van der Waals surface area contributed by atoms with Gasteiger partial charge in [-0.05, 0) is 52.3 Å². The molecule has 6 heteroatoms. The van der Waals surface area contributed by atoms with Crippen LogP contribution in [0.4, 0.5) is 5.69 Å². The Kier molecular flexibility index (Phi) is 3.85. The smallest absolute Gasteiger partial charge is 0.336 e. The minimum Gasteiger partial charge on any atom is -0.423 e. The molecule has 0 spiro atoms. The second-order valence-electron chi connectivity index (χ2n) is 7.48. The highest BCUT2D eigenvalue weighted by Gasteiger charge is 2.48. The summed E-state index contributed by atoms with van der Waals surface area (Å²) in [5, 5.41) is 16.9. The van der Waals surface area contributed by atoms with Crippen LogP contribution >= 0.6 is 0 Å². The van der Waals surface area contributed by atoms with Crippen molar-refractivity contribution in [1.29, 1.82) is 0 Å². The Balaban J connectivity index is 1.94. The van der Waals surface area contributed by atoms with Crippen molar-refractivity contribution in [2.45, 2.75) is 45.7 Å². The van der Waals surface area contributed by atoms with E-state index in [0.717, 1.165) is 16.0 Å². The lowest BCUT2D eigenvalue weighted by Crippen LogP contribution is -2.48. The summed E-state index contributed by atoms with van der Waals surface area (Å²) in [6.07, 6.45) is 1.70. The van der Waals surface area contributed by atoms with Crippen LogP contribution in [0.3, 0.4) is 0 Å². The topological polar surface area (TPSA) is 82.5 Å². The minimum absolute atomic E-state index is 0.342. The molecule has 1 amide bonds. The van der Waals surface area contributed by atoms with Crippen molar-refractivity contribution in [3.8, 4) is 0 Å². The molecule has 2 heterocycles. The number of fused-ring (bicyclic) bond motifs is 1. The van der Waals surface area contributed by atoms with Gasteiger partial charge in [0, 0.05) is 28.8 Å². The molecule has 1 aromatic carbocycles. The molecule has 0 saturated carbocycles. The monoisotopic (exact) mass is 341 g/mol. The van der Waals surface area contributed by atoms with Crippen molar-refractivity contribution in [3.63, 3.8) is 0 Å². The highest BCUT2D eigenvalue weighted by atomic mass is 16.5. The Morgan fingerprint density at radius 1 is 1.16 bits per heavy atom. The number of benzene rings is 1. The number of anilines is 1. The van der Waals surface area contributed by atoms with E-state index >= 15 is 0 Å². The summed E-state index contributed by atoms with van der Waals surface area (Å²) in [6.45, 7) is 8.82. The Morgan fingerprint density at radius 3 is 2.44 bits per heavy atom. The van der Waals surface area contributed by atoms with E-state index in [1.165, 1.54) is 6.07 Å². The number of aryl methyl sites for hydroxylation is 1. The number of hydroxylamine groups is 2. The molecule has 25 heavy (non-hydrogen) atoms. The molecule has 6 nitrogen and oxygen atoms in total. The zero-order valence-electron chi connectivity index (χ0n) is 15.0. The van der Waals surface area contributed by atoms with E-state index in [9.17, 15) is 14.8 Å². The van der Waals surface area contributed by atoms with E-state index in [0.29, 0.717) is 16.8 Å². The maximum atomic E-state index is 12.7. The lowest BCUT2D eigenvalue weighted by atomic mass is 9.95. The van der Waals surface area contributed by atoms with E-state index < -0.39 is 16.7 Å². The summed E-state index contributed by atoms with van der Waals surface area (Å²) in [5.41, 5.74) is 0.0397. The van der Waals surface area contributed by atoms with Crippen LogP contribution in [0.25, 0.3) is 11.0 Å².